The highest BCUT2D eigenvalue weighted by Crippen LogP contribution is 2.39. The van der Waals surface area contributed by atoms with Crippen molar-refractivity contribution < 1.29 is 17.9 Å². The van der Waals surface area contributed by atoms with Crippen LogP contribution in [0.4, 0.5) is 10.5 Å². The normalized spacial score (nSPS) is 15.2. The van der Waals surface area contributed by atoms with Gasteiger partial charge in [0.05, 0.1) is 10.5 Å². The van der Waals surface area contributed by atoms with Crippen LogP contribution in [-0.4, -0.2) is 50.6 Å². The van der Waals surface area contributed by atoms with Crippen LogP contribution < -0.4 is 14.8 Å². The summed E-state index contributed by atoms with van der Waals surface area (Å²) in [5.41, 5.74) is 3.63. The van der Waals surface area contributed by atoms with Crippen molar-refractivity contribution >= 4 is 32.7 Å². The van der Waals surface area contributed by atoms with Crippen LogP contribution in [-0.2, 0) is 15.4 Å². The molecule has 0 unspecified atom stereocenters. The van der Waals surface area contributed by atoms with Crippen molar-refractivity contribution in [2.75, 3.05) is 24.9 Å². The Morgan fingerprint density at radius 2 is 1.65 bits per heavy atom. The van der Waals surface area contributed by atoms with Gasteiger partial charge in [-0.25, -0.2) is 13.2 Å². The summed E-state index contributed by atoms with van der Waals surface area (Å²) in [6.45, 7) is 8.10. The van der Waals surface area contributed by atoms with Gasteiger partial charge in [-0.2, -0.15) is 0 Å². The number of aromatic amines is 1. The van der Waals surface area contributed by atoms with E-state index in [1.807, 2.05) is 42.5 Å². The molecule has 3 aromatic carbocycles. The summed E-state index contributed by atoms with van der Waals surface area (Å²) < 4.78 is 34.9. The van der Waals surface area contributed by atoms with Crippen LogP contribution >= 0.6 is 0 Å². The SMILES string of the molecule is CN1CCC(NC(=O)Oc2[nH]c3ccc(NS(=O)(=O)c4ccc(C(C)(C)C)cc4)cc3c2-c2ccccc2)CC1. The minimum Gasteiger partial charge on any atom is -0.393 e. The highest BCUT2D eigenvalue weighted by Gasteiger charge is 2.23. The fourth-order valence-electron chi connectivity index (χ4n) is 4.99. The highest BCUT2D eigenvalue weighted by atomic mass is 32.2. The molecule has 9 heteroatoms. The number of rotatable bonds is 6. The molecular weight excluding hydrogens is 524 g/mol. The van der Waals surface area contributed by atoms with Crippen LogP contribution in [0.3, 0.4) is 0 Å². The predicted octanol–water partition coefficient (Wildman–Crippen LogP) is 6.12. The smallest absolute Gasteiger partial charge is 0.393 e. The summed E-state index contributed by atoms with van der Waals surface area (Å²) in [6.07, 6.45) is 1.22. The zero-order valence-corrected chi connectivity index (χ0v) is 24.1. The molecular formula is C31H36N4O4S. The second-order valence-electron chi connectivity index (χ2n) is 11.4. The lowest BCUT2D eigenvalue weighted by atomic mass is 9.87. The number of amides is 1. The van der Waals surface area contributed by atoms with E-state index in [0.29, 0.717) is 17.1 Å². The Bertz CT molecular complexity index is 1600. The number of fused-ring (bicyclic) bond motifs is 1. The monoisotopic (exact) mass is 560 g/mol. The van der Waals surface area contributed by atoms with Gasteiger partial charge in [0, 0.05) is 22.6 Å². The molecule has 0 atom stereocenters. The van der Waals surface area contributed by atoms with Crippen molar-refractivity contribution in [1.82, 2.24) is 15.2 Å². The van der Waals surface area contributed by atoms with E-state index in [1.165, 1.54) is 0 Å². The molecule has 40 heavy (non-hydrogen) atoms. The molecule has 2 heterocycles. The molecule has 5 rings (SSSR count). The zero-order valence-electron chi connectivity index (χ0n) is 23.3. The molecule has 1 amide bonds. The van der Waals surface area contributed by atoms with Crippen molar-refractivity contribution in [2.45, 2.75) is 50.0 Å². The number of nitrogens with one attached hydrogen (secondary N) is 3. The van der Waals surface area contributed by atoms with Gasteiger partial charge < -0.3 is 19.9 Å². The standard InChI is InChI=1S/C31H36N4O4S/c1-31(2,3)22-10-13-25(14-11-22)40(37,38)34-24-12-15-27-26(20-24)28(21-8-6-5-7-9-21)29(33-27)39-30(36)32-23-16-18-35(4)19-17-23/h5-15,20,23,33-34H,16-19H2,1-4H3,(H,32,36). The number of piperidine rings is 1. The third kappa shape index (κ3) is 6.16. The maximum atomic E-state index is 13.2. The van der Waals surface area contributed by atoms with Crippen LogP contribution in [0.5, 0.6) is 5.88 Å². The first-order valence-corrected chi connectivity index (χ1v) is 15.0. The van der Waals surface area contributed by atoms with Crippen molar-refractivity contribution in [2.24, 2.45) is 0 Å². The fraction of sp³-hybridized carbons (Fsp3) is 0.323. The lowest BCUT2D eigenvalue weighted by Crippen LogP contribution is -2.44. The van der Waals surface area contributed by atoms with Gasteiger partial charge in [0.15, 0.2) is 0 Å². The predicted molar refractivity (Wildman–Crippen MR) is 159 cm³/mol. The van der Waals surface area contributed by atoms with Crippen LogP contribution in [0.15, 0.2) is 77.7 Å². The molecule has 0 radical (unpaired) electrons. The highest BCUT2D eigenvalue weighted by molar-refractivity contribution is 7.92. The van der Waals surface area contributed by atoms with Crippen LogP contribution in [0.1, 0.15) is 39.2 Å². The molecule has 3 N–H and O–H groups in total. The number of H-pyrrole nitrogens is 1. The van der Waals surface area contributed by atoms with Gasteiger partial charge in [0.2, 0.25) is 5.88 Å². The molecule has 1 saturated heterocycles. The molecule has 4 aromatic rings. The molecule has 1 aliphatic rings. The second-order valence-corrected chi connectivity index (χ2v) is 13.1. The number of hydrogen-bond acceptors (Lipinski definition) is 5. The van der Waals surface area contributed by atoms with E-state index in [2.05, 4.69) is 47.7 Å². The average molecular weight is 561 g/mol. The molecule has 210 valence electrons. The number of likely N-dealkylation sites (tertiary alicyclic amines) is 1. The Kier molecular flexibility index (Phi) is 7.61. The number of aromatic nitrogens is 1. The quantitative estimate of drug-likeness (QED) is 0.264. The van der Waals surface area contributed by atoms with E-state index >= 15 is 0 Å². The van der Waals surface area contributed by atoms with E-state index < -0.39 is 16.1 Å². The van der Waals surface area contributed by atoms with Crippen LogP contribution in [0, 0.1) is 0 Å². The molecule has 0 spiro atoms. The Hall–Kier alpha value is -3.82. The number of ether oxygens (including phenoxy) is 1. The topological polar surface area (TPSA) is 104 Å². The molecule has 0 bridgehead atoms. The number of hydrogen-bond donors (Lipinski definition) is 3. The summed E-state index contributed by atoms with van der Waals surface area (Å²) in [7, 11) is -1.74. The number of sulfonamides is 1. The summed E-state index contributed by atoms with van der Waals surface area (Å²) in [4.78, 5) is 18.5. The number of nitrogens with zero attached hydrogens (tertiary/aromatic N) is 1. The summed E-state index contributed by atoms with van der Waals surface area (Å²) in [5, 5.41) is 3.72. The van der Waals surface area contributed by atoms with Gasteiger partial charge >= 0.3 is 6.09 Å². The first-order valence-electron chi connectivity index (χ1n) is 13.5. The second kappa shape index (κ2) is 11.0. The van der Waals surface area contributed by atoms with E-state index in [9.17, 15) is 13.2 Å². The first kappa shape index (κ1) is 27.7. The lowest BCUT2D eigenvalue weighted by Gasteiger charge is -2.29. The number of anilines is 1. The van der Waals surface area contributed by atoms with Gasteiger partial charge in [-0.3, -0.25) is 4.72 Å². The first-order chi connectivity index (χ1) is 19.0. The lowest BCUT2D eigenvalue weighted by molar-refractivity contribution is 0.181. The van der Waals surface area contributed by atoms with Gasteiger partial charge in [-0.05, 0) is 79.9 Å². The summed E-state index contributed by atoms with van der Waals surface area (Å²) in [6, 6.07) is 21.8. The van der Waals surface area contributed by atoms with Gasteiger partial charge in [0.25, 0.3) is 10.0 Å². The third-order valence-electron chi connectivity index (χ3n) is 7.34. The minimum atomic E-state index is -3.81. The van der Waals surface area contributed by atoms with Crippen LogP contribution in [0.25, 0.3) is 22.0 Å². The van der Waals surface area contributed by atoms with Crippen molar-refractivity contribution in [3.05, 3.63) is 78.4 Å². The molecule has 0 saturated carbocycles. The molecule has 0 aliphatic carbocycles. The van der Waals surface area contributed by atoms with Crippen molar-refractivity contribution in [3.63, 3.8) is 0 Å². The maximum Gasteiger partial charge on any atom is 0.414 e. The Labute approximate surface area is 235 Å². The molecule has 1 aliphatic heterocycles. The van der Waals surface area contributed by atoms with E-state index in [4.69, 9.17) is 4.74 Å². The van der Waals surface area contributed by atoms with Gasteiger partial charge in [-0.1, -0.05) is 63.2 Å². The Balaban J connectivity index is 1.44. The van der Waals surface area contributed by atoms with E-state index in [-0.39, 0.29) is 16.4 Å². The average Bonchev–Trinajstić information content (AvgIpc) is 3.26. The van der Waals surface area contributed by atoms with Gasteiger partial charge in [0.1, 0.15) is 0 Å². The third-order valence-corrected chi connectivity index (χ3v) is 8.74. The molecule has 1 aromatic heterocycles. The minimum absolute atomic E-state index is 0.0618. The van der Waals surface area contributed by atoms with Crippen molar-refractivity contribution in [1.29, 1.82) is 0 Å². The van der Waals surface area contributed by atoms with Gasteiger partial charge in [-0.15, -0.1) is 0 Å². The summed E-state index contributed by atoms with van der Waals surface area (Å²) in [5.74, 6) is 0.310. The fourth-order valence-corrected chi connectivity index (χ4v) is 6.04. The Morgan fingerprint density at radius 3 is 2.30 bits per heavy atom. The van der Waals surface area contributed by atoms with Crippen molar-refractivity contribution in [3.8, 4) is 17.0 Å². The Morgan fingerprint density at radius 1 is 0.975 bits per heavy atom. The maximum absolute atomic E-state index is 13.2. The number of benzene rings is 3. The van der Waals surface area contributed by atoms with E-state index in [0.717, 1.165) is 48.0 Å². The van der Waals surface area contributed by atoms with E-state index in [1.54, 1.807) is 30.3 Å². The molecule has 8 nitrogen and oxygen atoms in total. The number of carbonyl (C=O) groups is 1. The summed E-state index contributed by atoms with van der Waals surface area (Å²) >= 11 is 0. The number of carbonyl (C=O) groups excluding carboxylic acids is 1. The molecule has 1 fully saturated rings. The largest absolute Gasteiger partial charge is 0.414 e. The van der Waals surface area contributed by atoms with Crippen LogP contribution in [0.2, 0.25) is 0 Å². The zero-order chi connectivity index (χ0) is 28.5.